The second kappa shape index (κ2) is 7.82. The van der Waals surface area contributed by atoms with E-state index in [1.165, 1.54) is 0 Å². The molecule has 144 valence electrons. The van der Waals surface area contributed by atoms with E-state index in [9.17, 15) is 9.59 Å². The molecule has 0 aliphatic carbocycles. The molecule has 3 heterocycles. The van der Waals surface area contributed by atoms with Crippen LogP contribution in [0.15, 0.2) is 47.4 Å². The maximum absolute atomic E-state index is 12.3. The normalized spacial score (nSPS) is 14.2. The average molecular weight is 379 g/mol. The molecule has 0 bridgehead atoms. The van der Waals surface area contributed by atoms with Crippen molar-refractivity contribution in [2.45, 2.75) is 6.92 Å². The van der Waals surface area contributed by atoms with Crippen molar-refractivity contribution in [1.29, 1.82) is 0 Å². The van der Waals surface area contributed by atoms with Crippen molar-refractivity contribution in [3.63, 3.8) is 0 Å². The highest BCUT2D eigenvalue weighted by Gasteiger charge is 2.17. The fourth-order valence-corrected chi connectivity index (χ4v) is 3.28. The summed E-state index contributed by atoms with van der Waals surface area (Å²) in [5.74, 6) is 0.511. The number of carbonyl (C=O) groups excluding carboxylic acids is 1. The lowest BCUT2D eigenvalue weighted by Gasteiger charge is -2.26. The van der Waals surface area contributed by atoms with Gasteiger partial charge in [0.05, 0.1) is 30.0 Å². The number of amides is 1. The number of carbonyl (C=O) groups is 1. The molecule has 0 spiro atoms. The lowest BCUT2D eigenvalue weighted by Crippen LogP contribution is -2.42. The molecule has 0 radical (unpaired) electrons. The lowest BCUT2D eigenvalue weighted by molar-refractivity contribution is -0.137. The first-order chi connectivity index (χ1) is 13.6. The molecule has 1 amide bonds. The van der Waals surface area contributed by atoms with E-state index in [4.69, 9.17) is 9.47 Å². The minimum atomic E-state index is -0.183. The van der Waals surface area contributed by atoms with Crippen LogP contribution in [0.1, 0.15) is 5.56 Å². The van der Waals surface area contributed by atoms with E-state index < -0.39 is 0 Å². The number of hydrogen-bond acceptors (Lipinski definition) is 5. The van der Waals surface area contributed by atoms with Crippen LogP contribution < -0.4 is 10.3 Å². The van der Waals surface area contributed by atoms with Gasteiger partial charge in [-0.3, -0.25) is 9.59 Å². The van der Waals surface area contributed by atoms with Crippen LogP contribution in [-0.2, 0) is 9.53 Å². The zero-order chi connectivity index (χ0) is 19.5. The number of benzene rings is 1. The highest BCUT2D eigenvalue weighted by Crippen LogP contribution is 2.26. The number of rotatable bonds is 4. The number of morpholine rings is 1. The zero-order valence-corrected chi connectivity index (χ0v) is 15.6. The van der Waals surface area contributed by atoms with Gasteiger partial charge in [0.15, 0.2) is 6.61 Å². The van der Waals surface area contributed by atoms with Crippen molar-refractivity contribution >= 4 is 16.8 Å². The molecular weight excluding hydrogens is 358 g/mol. The predicted molar refractivity (Wildman–Crippen MR) is 105 cm³/mol. The Morgan fingerprint density at radius 1 is 1.25 bits per heavy atom. The van der Waals surface area contributed by atoms with E-state index in [1.54, 1.807) is 29.3 Å². The van der Waals surface area contributed by atoms with Crippen LogP contribution >= 0.6 is 0 Å². The van der Waals surface area contributed by atoms with Crippen LogP contribution in [0.25, 0.3) is 22.2 Å². The van der Waals surface area contributed by atoms with Gasteiger partial charge >= 0.3 is 0 Å². The Labute approximate surface area is 161 Å². The fraction of sp³-hybridized carbons (Fsp3) is 0.286. The molecule has 1 N–H and O–H groups in total. The topological polar surface area (TPSA) is 84.5 Å². The number of fused-ring (bicyclic) bond motifs is 1. The van der Waals surface area contributed by atoms with Gasteiger partial charge in [-0.05, 0) is 42.8 Å². The highest BCUT2D eigenvalue weighted by atomic mass is 16.5. The highest BCUT2D eigenvalue weighted by molar-refractivity contribution is 5.86. The minimum absolute atomic E-state index is 0.0253. The molecule has 0 atom stereocenters. The third-order valence-electron chi connectivity index (χ3n) is 4.81. The van der Waals surface area contributed by atoms with Crippen LogP contribution in [-0.4, -0.2) is 53.7 Å². The van der Waals surface area contributed by atoms with Gasteiger partial charge in [-0.15, -0.1) is 0 Å². The Hall–Kier alpha value is -3.19. The van der Waals surface area contributed by atoms with Crippen molar-refractivity contribution < 1.29 is 14.3 Å². The fourth-order valence-electron chi connectivity index (χ4n) is 3.28. The Balaban J connectivity index is 1.58. The predicted octanol–water partition coefficient (Wildman–Crippen LogP) is 2.14. The molecule has 1 aliphatic rings. The van der Waals surface area contributed by atoms with Gasteiger partial charge in [-0.25, -0.2) is 4.98 Å². The summed E-state index contributed by atoms with van der Waals surface area (Å²) >= 11 is 0. The number of aryl methyl sites for hydroxylation is 1. The number of hydrogen-bond donors (Lipinski definition) is 1. The maximum atomic E-state index is 12.3. The summed E-state index contributed by atoms with van der Waals surface area (Å²) in [6.45, 7) is 4.26. The summed E-state index contributed by atoms with van der Waals surface area (Å²) in [5, 5.41) is 0.975. The minimum Gasteiger partial charge on any atom is -0.484 e. The Kier molecular flexibility index (Phi) is 5.08. The number of ether oxygens (including phenoxy) is 2. The summed E-state index contributed by atoms with van der Waals surface area (Å²) in [6, 6.07) is 11.0. The summed E-state index contributed by atoms with van der Waals surface area (Å²) in [7, 11) is 0. The van der Waals surface area contributed by atoms with Gasteiger partial charge in [-0.1, -0.05) is 0 Å². The van der Waals surface area contributed by atoms with E-state index in [1.807, 2.05) is 25.1 Å². The van der Waals surface area contributed by atoms with E-state index in [2.05, 4.69) is 9.97 Å². The van der Waals surface area contributed by atoms with Gasteiger partial charge in [-0.2, -0.15) is 0 Å². The number of nitrogens with zero attached hydrogens (tertiary/aromatic N) is 2. The van der Waals surface area contributed by atoms with E-state index in [-0.39, 0.29) is 18.1 Å². The smallest absolute Gasteiger partial charge is 0.260 e. The van der Waals surface area contributed by atoms with Crippen molar-refractivity contribution in [2.24, 2.45) is 0 Å². The number of aromatic amines is 1. The third kappa shape index (κ3) is 3.75. The van der Waals surface area contributed by atoms with Gasteiger partial charge in [0.2, 0.25) is 0 Å². The van der Waals surface area contributed by atoms with Crippen LogP contribution in [0, 0.1) is 6.92 Å². The summed E-state index contributed by atoms with van der Waals surface area (Å²) in [5.41, 5.74) is 2.67. The van der Waals surface area contributed by atoms with Gasteiger partial charge < -0.3 is 19.4 Å². The van der Waals surface area contributed by atoms with Crippen molar-refractivity contribution in [3.8, 4) is 17.0 Å². The standard InChI is InChI=1S/C21H21N3O4/c1-14-11-18(17-3-2-6-22-21(17)26)23-19-12-15(4-5-16(14)19)28-13-20(25)24-7-9-27-10-8-24/h2-6,11-12H,7-10,13H2,1H3,(H,22,26). The maximum Gasteiger partial charge on any atom is 0.260 e. The monoisotopic (exact) mass is 379 g/mol. The first-order valence-corrected chi connectivity index (χ1v) is 9.19. The molecule has 0 saturated carbocycles. The van der Waals surface area contributed by atoms with E-state index in [0.717, 1.165) is 16.5 Å². The number of aromatic nitrogens is 2. The molecule has 1 fully saturated rings. The second-order valence-corrected chi connectivity index (χ2v) is 6.70. The molecule has 3 aromatic rings. The summed E-state index contributed by atoms with van der Waals surface area (Å²) < 4.78 is 11.0. The Morgan fingerprint density at radius 2 is 2.07 bits per heavy atom. The third-order valence-corrected chi connectivity index (χ3v) is 4.81. The van der Waals surface area contributed by atoms with Crippen LogP contribution in [0.5, 0.6) is 5.75 Å². The molecule has 1 saturated heterocycles. The molecule has 2 aromatic heterocycles. The average Bonchev–Trinajstić information content (AvgIpc) is 2.72. The number of pyridine rings is 2. The SMILES string of the molecule is Cc1cc(-c2ccc[nH]c2=O)nc2cc(OCC(=O)N3CCOCC3)ccc12. The molecule has 7 heteroatoms. The van der Waals surface area contributed by atoms with Crippen LogP contribution in [0.4, 0.5) is 0 Å². The molecule has 28 heavy (non-hydrogen) atoms. The molecule has 0 unspecified atom stereocenters. The first kappa shape index (κ1) is 18.2. The zero-order valence-electron chi connectivity index (χ0n) is 15.6. The van der Waals surface area contributed by atoms with Gasteiger partial charge in [0.25, 0.3) is 11.5 Å². The number of H-pyrrole nitrogens is 1. The van der Waals surface area contributed by atoms with Gasteiger partial charge in [0.1, 0.15) is 5.75 Å². The van der Waals surface area contributed by atoms with E-state index in [0.29, 0.717) is 43.3 Å². The first-order valence-electron chi connectivity index (χ1n) is 9.19. The molecular formula is C21H21N3O4. The molecule has 1 aromatic carbocycles. The van der Waals surface area contributed by atoms with Crippen LogP contribution in [0.2, 0.25) is 0 Å². The van der Waals surface area contributed by atoms with Crippen molar-refractivity contribution in [3.05, 3.63) is 58.5 Å². The second-order valence-electron chi connectivity index (χ2n) is 6.70. The van der Waals surface area contributed by atoms with Crippen molar-refractivity contribution in [1.82, 2.24) is 14.9 Å². The molecule has 1 aliphatic heterocycles. The molecule has 7 nitrogen and oxygen atoms in total. The van der Waals surface area contributed by atoms with Gasteiger partial charge in [0, 0.05) is 30.7 Å². The van der Waals surface area contributed by atoms with Crippen molar-refractivity contribution in [2.75, 3.05) is 32.9 Å². The van der Waals surface area contributed by atoms with Crippen LogP contribution in [0.3, 0.4) is 0 Å². The van der Waals surface area contributed by atoms with E-state index >= 15 is 0 Å². The Bertz CT molecular complexity index is 1070. The number of nitrogens with one attached hydrogen (secondary N) is 1. The largest absolute Gasteiger partial charge is 0.484 e. The lowest BCUT2D eigenvalue weighted by atomic mass is 10.1. The molecule has 4 rings (SSSR count). The summed E-state index contributed by atoms with van der Waals surface area (Å²) in [6.07, 6.45) is 1.59. The summed E-state index contributed by atoms with van der Waals surface area (Å²) in [4.78, 5) is 33.4. The quantitative estimate of drug-likeness (QED) is 0.751. The Morgan fingerprint density at radius 3 is 2.86 bits per heavy atom.